The van der Waals surface area contributed by atoms with Gasteiger partial charge in [0.1, 0.15) is 0 Å². The summed E-state index contributed by atoms with van der Waals surface area (Å²) in [5.41, 5.74) is 5.31. The number of hydrogen-bond acceptors (Lipinski definition) is 2. The van der Waals surface area contributed by atoms with Crippen LogP contribution in [0.1, 0.15) is 46.0 Å². The number of amides is 1. The molecule has 0 bridgehead atoms. The molecule has 0 aromatic heterocycles. The standard InChI is InChI=1S/C11H21F3N2O/c1-10(2,15)7-5-9(17)16-8-4-3-6-11(12,13)14/h3-8,15H2,1-2H3,(H,16,17). The van der Waals surface area contributed by atoms with Crippen molar-refractivity contribution in [2.75, 3.05) is 6.54 Å². The molecule has 6 heteroatoms. The second-order valence-corrected chi connectivity index (χ2v) is 4.91. The first-order chi connectivity index (χ1) is 7.60. The molecule has 0 saturated heterocycles. The molecule has 0 saturated carbocycles. The van der Waals surface area contributed by atoms with Gasteiger partial charge in [0.05, 0.1) is 0 Å². The Labute approximate surface area is 99.9 Å². The number of carbonyl (C=O) groups is 1. The van der Waals surface area contributed by atoms with E-state index in [0.29, 0.717) is 25.8 Å². The predicted molar refractivity (Wildman–Crippen MR) is 60.4 cm³/mol. The molecule has 17 heavy (non-hydrogen) atoms. The molecule has 3 nitrogen and oxygen atoms in total. The predicted octanol–water partition coefficient (Wildman–Crippen LogP) is 2.35. The van der Waals surface area contributed by atoms with Gasteiger partial charge in [-0.1, -0.05) is 0 Å². The highest BCUT2D eigenvalue weighted by atomic mass is 19.4. The summed E-state index contributed by atoms with van der Waals surface area (Å²) in [4.78, 5) is 11.3. The van der Waals surface area contributed by atoms with Crippen molar-refractivity contribution in [3.05, 3.63) is 0 Å². The molecule has 0 unspecified atom stereocenters. The lowest BCUT2D eigenvalue weighted by molar-refractivity contribution is -0.135. The van der Waals surface area contributed by atoms with Crippen LogP contribution < -0.4 is 11.1 Å². The minimum Gasteiger partial charge on any atom is -0.356 e. The van der Waals surface area contributed by atoms with Crippen LogP contribution in [-0.2, 0) is 4.79 Å². The van der Waals surface area contributed by atoms with Crippen molar-refractivity contribution in [3.63, 3.8) is 0 Å². The zero-order valence-corrected chi connectivity index (χ0v) is 10.4. The number of halogens is 3. The fourth-order valence-corrected chi connectivity index (χ4v) is 1.20. The zero-order valence-electron chi connectivity index (χ0n) is 10.4. The molecule has 0 rings (SSSR count). The molecule has 0 heterocycles. The van der Waals surface area contributed by atoms with Crippen LogP contribution in [0.3, 0.4) is 0 Å². The zero-order chi connectivity index (χ0) is 13.5. The van der Waals surface area contributed by atoms with Gasteiger partial charge in [0, 0.05) is 24.9 Å². The summed E-state index contributed by atoms with van der Waals surface area (Å²) in [5, 5.41) is 2.58. The summed E-state index contributed by atoms with van der Waals surface area (Å²) in [6, 6.07) is 0. The van der Waals surface area contributed by atoms with Crippen LogP contribution in [0.4, 0.5) is 13.2 Å². The van der Waals surface area contributed by atoms with Crippen molar-refractivity contribution in [3.8, 4) is 0 Å². The first-order valence-electron chi connectivity index (χ1n) is 5.72. The Balaban J connectivity index is 3.47. The topological polar surface area (TPSA) is 55.1 Å². The maximum absolute atomic E-state index is 11.8. The molecule has 0 aromatic carbocycles. The Morgan fingerprint density at radius 2 is 1.76 bits per heavy atom. The molecule has 0 radical (unpaired) electrons. The van der Waals surface area contributed by atoms with Crippen LogP contribution in [-0.4, -0.2) is 24.2 Å². The van der Waals surface area contributed by atoms with Crippen LogP contribution in [0.25, 0.3) is 0 Å². The summed E-state index contributed by atoms with van der Waals surface area (Å²) in [5.74, 6) is -0.157. The van der Waals surface area contributed by atoms with E-state index in [-0.39, 0.29) is 12.3 Å². The van der Waals surface area contributed by atoms with Gasteiger partial charge in [0.15, 0.2) is 0 Å². The van der Waals surface area contributed by atoms with E-state index in [0.717, 1.165) is 0 Å². The maximum Gasteiger partial charge on any atom is 0.389 e. The molecular formula is C11H21F3N2O. The Hall–Kier alpha value is -0.780. The second-order valence-electron chi connectivity index (χ2n) is 4.91. The Bertz CT molecular complexity index is 234. The molecule has 0 aliphatic carbocycles. The van der Waals surface area contributed by atoms with E-state index in [1.807, 2.05) is 13.8 Å². The molecule has 0 fully saturated rings. The third kappa shape index (κ3) is 13.2. The number of carbonyl (C=O) groups excluding carboxylic acids is 1. The van der Waals surface area contributed by atoms with Gasteiger partial charge >= 0.3 is 6.18 Å². The molecule has 0 atom stereocenters. The van der Waals surface area contributed by atoms with E-state index in [4.69, 9.17) is 5.73 Å². The van der Waals surface area contributed by atoms with Gasteiger partial charge < -0.3 is 11.1 Å². The van der Waals surface area contributed by atoms with Gasteiger partial charge in [-0.15, -0.1) is 0 Å². The van der Waals surface area contributed by atoms with E-state index >= 15 is 0 Å². The van der Waals surface area contributed by atoms with Crippen molar-refractivity contribution >= 4 is 5.91 Å². The molecule has 3 N–H and O–H groups in total. The third-order valence-electron chi connectivity index (χ3n) is 2.21. The van der Waals surface area contributed by atoms with Crippen LogP contribution >= 0.6 is 0 Å². The average Bonchev–Trinajstić information content (AvgIpc) is 2.11. The van der Waals surface area contributed by atoms with Gasteiger partial charge in [-0.2, -0.15) is 13.2 Å². The van der Waals surface area contributed by atoms with Crippen LogP contribution in [0, 0.1) is 0 Å². The number of unbranched alkanes of at least 4 members (excludes halogenated alkanes) is 1. The number of hydrogen-bond donors (Lipinski definition) is 2. The van der Waals surface area contributed by atoms with Crippen molar-refractivity contribution in [1.82, 2.24) is 5.32 Å². The SMILES string of the molecule is CC(C)(N)CCC(=O)NCCCCC(F)(F)F. The fourth-order valence-electron chi connectivity index (χ4n) is 1.20. The average molecular weight is 254 g/mol. The Morgan fingerprint density at radius 1 is 1.18 bits per heavy atom. The van der Waals surface area contributed by atoms with Crippen molar-refractivity contribution in [1.29, 1.82) is 0 Å². The largest absolute Gasteiger partial charge is 0.389 e. The quantitative estimate of drug-likeness (QED) is 0.685. The van der Waals surface area contributed by atoms with Crippen LogP contribution in [0.5, 0.6) is 0 Å². The number of alkyl halides is 3. The molecular weight excluding hydrogens is 233 g/mol. The lowest BCUT2D eigenvalue weighted by Crippen LogP contribution is -2.34. The number of nitrogens with one attached hydrogen (secondary N) is 1. The van der Waals surface area contributed by atoms with E-state index in [2.05, 4.69) is 5.32 Å². The molecule has 1 amide bonds. The summed E-state index contributed by atoms with van der Waals surface area (Å²) < 4.78 is 35.4. The van der Waals surface area contributed by atoms with Gasteiger partial charge in [-0.25, -0.2) is 0 Å². The third-order valence-corrected chi connectivity index (χ3v) is 2.21. The second kappa shape index (κ2) is 6.83. The van der Waals surface area contributed by atoms with E-state index in [9.17, 15) is 18.0 Å². The van der Waals surface area contributed by atoms with E-state index in [1.54, 1.807) is 0 Å². The molecule has 0 aromatic rings. The van der Waals surface area contributed by atoms with Gasteiger partial charge in [-0.3, -0.25) is 4.79 Å². The molecule has 102 valence electrons. The first kappa shape index (κ1) is 16.2. The normalized spacial score (nSPS) is 12.6. The highest BCUT2D eigenvalue weighted by Crippen LogP contribution is 2.21. The van der Waals surface area contributed by atoms with Crippen LogP contribution in [0.2, 0.25) is 0 Å². The van der Waals surface area contributed by atoms with Gasteiger partial charge in [0.2, 0.25) is 5.91 Å². The van der Waals surface area contributed by atoms with E-state index in [1.165, 1.54) is 0 Å². The van der Waals surface area contributed by atoms with Gasteiger partial charge in [-0.05, 0) is 33.1 Å². The lowest BCUT2D eigenvalue weighted by atomic mass is 10.00. The minimum atomic E-state index is -4.10. The highest BCUT2D eigenvalue weighted by Gasteiger charge is 2.25. The fraction of sp³-hybridized carbons (Fsp3) is 0.909. The molecule has 0 aliphatic rings. The first-order valence-corrected chi connectivity index (χ1v) is 5.72. The van der Waals surface area contributed by atoms with Crippen LogP contribution in [0.15, 0.2) is 0 Å². The summed E-state index contributed by atoms with van der Waals surface area (Å²) in [7, 11) is 0. The minimum absolute atomic E-state index is 0.0478. The molecule has 0 spiro atoms. The van der Waals surface area contributed by atoms with Gasteiger partial charge in [0.25, 0.3) is 0 Å². The lowest BCUT2D eigenvalue weighted by Gasteiger charge is -2.17. The summed E-state index contributed by atoms with van der Waals surface area (Å²) in [6.45, 7) is 3.94. The monoisotopic (exact) mass is 254 g/mol. The van der Waals surface area contributed by atoms with E-state index < -0.39 is 18.1 Å². The van der Waals surface area contributed by atoms with Crippen molar-refractivity contribution < 1.29 is 18.0 Å². The maximum atomic E-state index is 11.8. The molecule has 0 aliphatic heterocycles. The number of nitrogens with two attached hydrogens (primary N) is 1. The highest BCUT2D eigenvalue weighted by molar-refractivity contribution is 5.75. The summed E-state index contributed by atoms with van der Waals surface area (Å²) >= 11 is 0. The smallest absolute Gasteiger partial charge is 0.356 e. The number of rotatable bonds is 7. The Kier molecular flexibility index (Phi) is 6.52. The van der Waals surface area contributed by atoms with Crippen molar-refractivity contribution in [2.24, 2.45) is 5.73 Å². The Morgan fingerprint density at radius 3 is 2.24 bits per heavy atom. The summed E-state index contributed by atoms with van der Waals surface area (Å²) in [6.07, 6.45) is -3.64. The van der Waals surface area contributed by atoms with Crippen molar-refractivity contribution in [2.45, 2.75) is 57.7 Å².